The second-order valence-electron chi connectivity index (χ2n) is 8.66. The molecule has 1 atom stereocenters. The average Bonchev–Trinajstić information content (AvgIpc) is 3.49. The van der Waals surface area contributed by atoms with Crippen molar-refractivity contribution in [3.8, 4) is 5.69 Å². The molecule has 1 aliphatic heterocycles. The van der Waals surface area contributed by atoms with Crippen molar-refractivity contribution in [2.24, 2.45) is 5.73 Å². The Labute approximate surface area is 186 Å². The zero-order valence-electron chi connectivity index (χ0n) is 18.3. The summed E-state index contributed by atoms with van der Waals surface area (Å²) in [7, 11) is 0. The van der Waals surface area contributed by atoms with Crippen LogP contribution in [0.3, 0.4) is 0 Å². The van der Waals surface area contributed by atoms with Crippen LogP contribution in [-0.4, -0.2) is 46.1 Å². The zero-order chi connectivity index (χ0) is 22.2. The molecule has 0 spiro atoms. The van der Waals surface area contributed by atoms with Crippen LogP contribution in [0.2, 0.25) is 0 Å². The molecule has 32 heavy (non-hydrogen) atoms. The van der Waals surface area contributed by atoms with Gasteiger partial charge in [0.1, 0.15) is 5.56 Å². The Balaban J connectivity index is 1.71. The number of nitrogens with zero attached hydrogens (tertiary/aromatic N) is 4. The van der Waals surface area contributed by atoms with Crippen molar-refractivity contribution in [3.05, 3.63) is 57.5 Å². The Morgan fingerprint density at radius 2 is 2.16 bits per heavy atom. The van der Waals surface area contributed by atoms with E-state index in [9.17, 15) is 9.59 Å². The standard InChI is InChI=1S/C24H28N6O2/c1-2-10-29(18-8-9-26-12-18)24-27-13-19-21(31)20(22(25)32)14-30(23(19)28-24)17-7-6-15-4-3-5-16(15)11-17/h6-7,11,13-14,18,26H,2-5,8-10,12H2,1H3,(H2,25,32). The number of fused-ring (bicyclic) bond motifs is 2. The Hall–Kier alpha value is -3.26. The molecule has 0 saturated carbocycles. The van der Waals surface area contributed by atoms with Crippen molar-refractivity contribution < 1.29 is 4.79 Å². The fourth-order valence-electron chi connectivity index (χ4n) is 4.91. The number of benzene rings is 1. The molecular weight excluding hydrogens is 404 g/mol. The summed E-state index contributed by atoms with van der Waals surface area (Å²) >= 11 is 0. The third kappa shape index (κ3) is 3.54. The quantitative estimate of drug-likeness (QED) is 0.617. The molecule has 3 heterocycles. The lowest BCUT2D eigenvalue weighted by Gasteiger charge is -2.28. The van der Waals surface area contributed by atoms with Gasteiger partial charge in [0, 0.05) is 37.2 Å². The third-order valence-electron chi connectivity index (χ3n) is 6.55. The first-order chi connectivity index (χ1) is 15.6. The summed E-state index contributed by atoms with van der Waals surface area (Å²) in [5, 5.41) is 3.70. The minimum atomic E-state index is -0.750. The molecule has 8 nitrogen and oxygen atoms in total. The Morgan fingerprint density at radius 3 is 2.91 bits per heavy atom. The Bertz CT molecular complexity index is 1250. The second-order valence-corrected chi connectivity index (χ2v) is 8.66. The van der Waals surface area contributed by atoms with Gasteiger partial charge in [0.05, 0.1) is 5.39 Å². The summed E-state index contributed by atoms with van der Waals surface area (Å²) in [6, 6.07) is 6.59. The summed E-state index contributed by atoms with van der Waals surface area (Å²) < 4.78 is 1.82. The molecular formula is C24H28N6O2. The highest BCUT2D eigenvalue weighted by atomic mass is 16.2. The first-order valence-corrected chi connectivity index (χ1v) is 11.4. The van der Waals surface area contributed by atoms with Gasteiger partial charge in [-0.2, -0.15) is 4.98 Å². The van der Waals surface area contributed by atoms with Crippen LogP contribution in [0.5, 0.6) is 0 Å². The number of primary amides is 1. The molecule has 1 fully saturated rings. The number of hydrogen-bond donors (Lipinski definition) is 2. The molecule has 1 aliphatic carbocycles. The predicted molar refractivity (Wildman–Crippen MR) is 125 cm³/mol. The minimum absolute atomic E-state index is 0.0558. The van der Waals surface area contributed by atoms with Gasteiger partial charge in [-0.1, -0.05) is 13.0 Å². The summed E-state index contributed by atoms with van der Waals surface area (Å²) in [5.74, 6) is -0.144. The van der Waals surface area contributed by atoms with Crippen LogP contribution in [0.15, 0.2) is 35.4 Å². The van der Waals surface area contributed by atoms with Gasteiger partial charge in [0.2, 0.25) is 11.4 Å². The molecule has 166 valence electrons. The van der Waals surface area contributed by atoms with Crippen molar-refractivity contribution in [2.75, 3.05) is 24.5 Å². The number of carbonyl (C=O) groups excluding carboxylic acids is 1. The van der Waals surface area contributed by atoms with E-state index in [0.29, 0.717) is 23.0 Å². The SMILES string of the molecule is CCCN(c1ncc2c(=O)c(C(N)=O)cn(-c3ccc4c(c3)CCC4)c2n1)C1CCNC1. The van der Waals surface area contributed by atoms with Crippen LogP contribution in [0.4, 0.5) is 5.95 Å². The number of anilines is 1. The Morgan fingerprint density at radius 1 is 1.31 bits per heavy atom. The van der Waals surface area contributed by atoms with Crippen LogP contribution in [-0.2, 0) is 12.8 Å². The minimum Gasteiger partial charge on any atom is -0.365 e. The highest BCUT2D eigenvalue weighted by Gasteiger charge is 2.25. The average molecular weight is 433 g/mol. The molecule has 5 rings (SSSR count). The van der Waals surface area contributed by atoms with E-state index in [-0.39, 0.29) is 5.56 Å². The molecule has 0 radical (unpaired) electrons. The Kier molecular flexibility index (Phi) is 5.38. The fraction of sp³-hybridized carbons (Fsp3) is 0.417. The maximum atomic E-state index is 13.0. The van der Waals surface area contributed by atoms with Crippen molar-refractivity contribution in [3.63, 3.8) is 0 Å². The summed E-state index contributed by atoms with van der Waals surface area (Å²) in [4.78, 5) is 36.6. The summed E-state index contributed by atoms with van der Waals surface area (Å²) in [6.45, 7) is 4.83. The summed E-state index contributed by atoms with van der Waals surface area (Å²) in [5.41, 5.74) is 9.07. The smallest absolute Gasteiger partial charge is 0.254 e. The van der Waals surface area contributed by atoms with Crippen LogP contribution in [0.1, 0.15) is 47.7 Å². The topological polar surface area (TPSA) is 106 Å². The van der Waals surface area contributed by atoms with Crippen molar-refractivity contribution in [2.45, 2.75) is 45.1 Å². The van der Waals surface area contributed by atoms with Gasteiger partial charge in [-0.3, -0.25) is 9.59 Å². The molecule has 1 unspecified atom stereocenters. The maximum Gasteiger partial charge on any atom is 0.254 e. The molecule has 1 saturated heterocycles. The van der Waals surface area contributed by atoms with Gasteiger partial charge in [0.15, 0.2) is 5.65 Å². The number of amides is 1. The van der Waals surface area contributed by atoms with Crippen molar-refractivity contribution in [1.29, 1.82) is 0 Å². The molecule has 8 heteroatoms. The number of carbonyl (C=O) groups is 1. The van der Waals surface area contributed by atoms with E-state index in [2.05, 4.69) is 34.3 Å². The van der Waals surface area contributed by atoms with Crippen LogP contribution in [0, 0.1) is 0 Å². The van der Waals surface area contributed by atoms with Crippen molar-refractivity contribution in [1.82, 2.24) is 19.9 Å². The normalized spacial score (nSPS) is 17.6. The van der Waals surface area contributed by atoms with E-state index >= 15 is 0 Å². The van der Waals surface area contributed by atoms with E-state index in [1.807, 2.05) is 10.6 Å². The number of rotatable bonds is 6. The van der Waals surface area contributed by atoms with Gasteiger partial charge < -0.3 is 20.5 Å². The highest BCUT2D eigenvalue weighted by molar-refractivity contribution is 5.96. The fourth-order valence-corrected chi connectivity index (χ4v) is 4.91. The number of pyridine rings is 1. The summed E-state index contributed by atoms with van der Waals surface area (Å²) in [6.07, 6.45) is 8.33. The van der Waals surface area contributed by atoms with Gasteiger partial charge >= 0.3 is 0 Å². The predicted octanol–water partition coefficient (Wildman–Crippen LogP) is 1.95. The van der Waals surface area contributed by atoms with Crippen LogP contribution in [0.25, 0.3) is 16.7 Å². The number of hydrogen-bond acceptors (Lipinski definition) is 6. The zero-order valence-corrected chi connectivity index (χ0v) is 18.3. The van der Waals surface area contributed by atoms with E-state index in [0.717, 1.165) is 57.4 Å². The second kappa shape index (κ2) is 8.35. The van der Waals surface area contributed by atoms with Gasteiger partial charge in [-0.25, -0.2) is 4.98 Å². The van der Waals surface area contributed by atoms with Crippen molar-refractivity contribution >= 4 is 22.9 Å². The lowest BCUT2D eigenvalue weighted by molar-refractivity contribution is 0.0999. The largest absolute Gasteiger partial charge is 0.365 e. The number of nitrogens with two attached hydrogens (primary N) is 1. The van der Waals surface area contributed by atoms with E-state index in [1.54, 1.807) is 6.20 Å². The van der Waals surface area contributed by atoms with Crippen LogP contribution >= 0.6 is 0 Å². The van der Waals surface area contributed by atoms with E-state index < -0.39 is 11.3 Å². The lowest BCUT2D eigenvalue weighted by Crippen LogP contribution is -2.39. The van der Waals surface area contributed by atoms with Crippen LogP contribution < -0.4 is 21.4 Å². The number of nitrogens with one attached hydrogen (secondary N) is 1. The molecule has 3 N–H and O–H groups in total. The number of aryl methyl sites for hydroxylation is 2. The monoisotopic (exact) mass is 432 g/mol. The lowest BCUT2D eigenvalue weighted by atomic mass is 10.1. The molecule has 1 amide bonds. The van der Waals surface area contributed by atoms with Gasteiger partial charge in [-0.15, -0.1) is 0 Å². The molecule has 0 bridgehead atoms. The molecule has 2 aliphatic rings. The first kappa shape index (κ1) is 20.6. The third-order valence-corrected chi connectivity index (χ3v) is 6.55. The molecule has 3 aromatic rings. The molecule has 1 aromatic carbocycles. The first-order valence-electron chi connectivity index (χ1n) is 11.4. The van der Waals surface area contributed by atoms with E-state index in [4.69, 9.17) is 10.7 Å². The molecule has 2 aromatic heterocycles. The highest BCUT2D eigenvalue weighted by Crippen LogP contribution is 2.26. The van der Waals surface area contributed by atoms with Gasteiger partial charge in [-0.05, 0) is 61.9 Å². The van der Waals surface area contributed by atoms with Gasteiger partial charge in [0.25, 0.3) is 5.91 Å². The maximum absolute atomic E-state index is 13.0. The number of aromatic nitrogens is 3. The van der Waals surface area contributed by atoms with E-state index in [1.165, 1.54) is 17.3 Å².